The Morgan fingerprint density at radius 2 is 1.78 bits per heavy atom. The van der Waals surface area contributed by atoms with Crippen LogP contribution in [0.2, 0.25) is 0 Å². The molecule has 3 aliphatic heterocycles. The van der Waals surface area contributed by atoms with Crippen LogP contribution in [-0.4, -0.2) is 86.1 Å². The van der Waals surface area contributed by atoms with Crippen LogP contribution in [-0.2, 0) is 49.2 Å². The molecule has 7 aliphatic rings. The van der Waals surface area contributed by atoms with Crippen molar-refractivity contribution in [2.24, 2.45) is 34.5 Å². The summed E-state index contributed by atoms with van der Waals surface area (Å²) in [6.45, 7) is 8.89. The third-order valence-corrected chi connectivity index (χ3v) is 17.5. The molecule has 0 radical (unpaired) electrons. The average molecular weight is 821 g/mol. The van der Waals surface area contributed by atoms with Gasteiger partial charge in [-0.3, -0.25) is 19.3 Å². The van der Waals surface area contributed by atoms with E-state index in [4.69, 9.17) is 14.5 Å². The van der Waals surface area contributed by atoms with Crippen LogP contribution in [0.4, 0.5) is 0 Å². The molecular formula is C48H60N4O8. The monoisotopic (exact) mass is 820 g/mol. The number of phenolic OH excluding ortho intramolecular Hbond substituents is 1. The van der Waals surface area contributed by atoms with Crippen LogP contribution in [0.1, 0.15) is 120 Å². The summed E-state index contributed by atoms with van der Waals surface area (Å²) in [5, 5.41) is 23.2. The summed E-state index contributed by atoms with van der Waals surface area (Å²) in [7, 11) is 1.92. The number of aromatic nitrogens is 2. The van der Waals surface area contributed by atoms with Crippen molar-refractivity contribution in [3.8, 4) is 17.1 Å². The number of aliphatic hydroxyl groups is 1. The highest BCUT2D eigenvalue weighted by Gasteiger charge is 2.60. The van der Waals surface area contributed by atoms with E-state index in [1.807, 2.05) is 18.0 Å². The molecule has 1 saturated heterocycles. The summed E-state index contributed by atoms with van der Waals surface area (Å²) in [6, 6.07) is 7.28. The standard InChI is InChI=1S/C48H60N4O8/c1-5-48(58)37-22-39-43-27(23-52(39)44(56)34(37)25-60-45(48)57)20-32-33(40(54)10-9-38(32)49-43)24-51-18-14-29(15-19-51)50(4)42(55)26-59-41-11-8-35-31-7-6-28-21-30(53)12-16-46(28,2)36(31)13-17-47(35,41)3/h9-10,20,22,28-29,31,35-36,41,54,58H,5-8,11-19,21,23-26H2,1-4H3/t28-,31-,35-,36-,41-,46-,47-,48-/m0/s1. The summed E-state index contributed by atoms with van der Waals surface area (Å²) < 4.78 is 13.4. The van der Waals surface area contributed by atoms with Gasteiger partial charge in [0.15, 0.2) is 5.60 Å². The third-order valence-electron chi connectivity index (χ3n) is 17.5. The fourth-order valence-electron chi connectivity index (χ4n) is 13.7. The van der Waals surface area contributed by atoms with Gasteiger partial charge < -0.3 is 29.2 Å². The van der Waals surface area contributed by atoms with Gasteiger partial charge in [-0.1, -0.05) is 20.8 Å². The molecule has 0 spiro atoms. The molecule has 2 N–H and O–H groups in total. The highest BCUT2D eigenvalue weighted by molar-refractivity contribution is 5.89. The van der Waals surface area contributed by atoms with Gasteiger partial charge >= 0.3 is 5.97 Å². The number of likely N-dealkylation sites (tertiary alicyclic amines) is 1. The lowest BCUT2D eigenvalue weighted by atomic mass is 9.45. The number of carbonyl (C=O) groups excluding carboxylic acids is 3. The van der Waals surface area contributed by atoms with Crippen molar-refractivity contribution in [2.75, 3.05) is 26.7 Å². The second-order valence-corrected chi connectivity index (χ2v) is 20.1. The SMILES string of the molecule is CC[C@@]1(O)C(=O)OCc2c1cc1n(c2=O)Cc2cc3c(CN4CCC(N(C)C(=O)CO[C@H]5CC[C@H]6[C@@H]7CC[C@H]8CC(=O)CC[C@]8(C)[C@H]7CC[C@]56C)CC4)c(O)ccc3nc2-1. The van der Waals surface area contributed by atoms with E-state index in [2.05, 4.69) is 18.7 Å². The molecule has 320 valence electrons. The van der Waals surface area contributed by atoms with Gasteiger partial charge in [-0.15, -0.1) is 0 Å². The summed E-state index contributed by atoms with van der Waals surface area (Å²) >= 11 is 0. The number of aromatic hydroxyl groups is 1. The number of benzene rings is 1. The average Bonchev–Trinajstić information content (AvgIpc) is 3.78. The maximum atomic E-state index is 13.7. The van der Waals surface area contributed by atoms with Crippen molar-refractivity contribution in [1.82, 2.24) is 19.4 Å². The predicted molar refractivity (Wildman–Crippen MR) is 224 cm³/mol. The molecule has 8 atom stereocenters. The zero-order chi connectivity index (χ0) is 41.9. The Hall–Kier alpha value is -4.13. The molecule has 3 aromatic rings. The third kappa shape index (κ3) is 6.04. The second-order valence-electron chi connectivity index (χ2n) is 20.1. The minimum absolute atomic E-state index is 0.0418. The van der Waals surface area contributed by atoms with Gasteiger partial charge in [0.05, 0.1) is 35.1 Å². The van der Waals surface area contributed by atoms with E-state index in [1.54, 1.807) is 29.7 Å². The second kappa shape index (κ2) is 14.5. The quantitative estimate of drug-likeness (QED) is 0.206. The number of likely N-dealkylation sites (N-methyl/N-ethyl adjacent to an activating group) is 1. The van der Waals surface area contributed by atoms with Gasteiger partial charge in [0.1, 0.15) is 24.7 Å². The van der Waals surface area contributed by atoms with Gasteiger partial charge in [0, 0.05) is 67.6 Å². The molecule has 60 heavy (non-hydrogen) atoms. The Morgan fingerprint density at radius 1 is 1.00 bits per heavy atom. The number of piperidine rings is 1. The van der Waals surface area contributed by atoms with Crippen molar-refractivity contribution in [3.63, 3.8) is 0 Å². The molecule has 1 amide bonds. The first-order valence-electron chi connectivity index (χ1n) is 22.7. The number of carbonyl (C=O) groups is 3. The molecule has 5 fully saturated rings. The van der Waals surface area contributed by atoms with E-state index < -0.39 is 11.6 Å². The maximum Gasteiger partial charge on any atom is 0.343 e. The molecule has 12 heteroatoms. The number of rotatable bonds is 7. The van der Waals surface area contributed by atoms with Crippen LogP contribution in [0.5, 0.6) is 5.75 Å². The van der Waals surface area contributed by atoms with Crippen molar-refractivity contribution >= 4 is 28.6 Å². The van der Waals surface area contributed by atoms with Gasteiger partial charge in [0.2, 0.25) is 5.91 Å². The molecule has 4 aliphatic carbocycles. The lowest BCUT2D eigenvalue weighted by molar-refractivity contribution is -0.172. The Labute approximate surface area is 351 Å². The smallest absolute Gasteiger partial charge is 0.343 e. The van der Waals surface area contributed by atoms with Crippen LogP contribution in [0.25, 0.3) is 22.3 Å². The number of ether oxygens (including phenoxy) is 2. The molecule has 1 aromatic carbocycles. The van der Waals surface area contributed by atoms with E-state index in [9.17, 15) is 29.4 Å². The van der Waals surface area contributed by atoms with Crippen LogP contribution >= 0.6 is 0 Å². The van der Waals surface area contributed by atoms with E-state index in [-0.39, 0.29) is 72.1 Å². The van der Waals surface area contributed by atoms with Crippen LogP contribution in [0.15, 0.2) is 29.1 Å². The van der Waals surface area contributed by atoms with Gasteiger partial charge in [-0.25, -0.2) is 9.78 Å². The molecule has 12 nitrogen and oxygen atoms in total. The van der Waals surface area contributed by atoms with Crippen LogP contribution in [0, 0.1) is 34.5 Å². The van der Waals surface area contributed by atoms with E-state index in [0.29, 0.717) is 58.3 Å². The number of phenols is 1. The minimum Gasteiger partial charge on any atom is -0.508 e. The largest absolute Gasteiger partial charge is 0.508 e. The Balaban J connectivity index is 0.773. The zero-order valence-electron chi connectivity index (χ0n) is 35.6. The summed E-state index contributed by atoms with van der Waals surface area (Å²) in [4.78, 5) is 61.5. The fourth-order valence-corrected chi connectivity index (χ4v) is 13.7. The zero-order valence-corrected chi connectivity index (χ0v) is 35.6. The lowest BCUT2D eigenvalue weighted by Crippen LogP contribution is -2.54. The number of fused-ring (bicyclic) bond motifs is 10. The molecule has 0 bridgehead atoms. The fraction of sp³-hybridized carbons (Fsp3) is 0.646. The predicted octanol–water partition coefficient (Wildman–Crippen LogP) is 6.21. The number of amides is 1. The van der Waals surface area contributed by atoms with E-state index >= 15 is 0 Å². The lowest BCUT2D eigenvalue weighted by Gasteiger charge is -2.60. The number of cyclic esters (lactones) is 1. The molecule has 5 heterocycles. The number of hydrogen-bond acceptors (Lipinski definition) is 10. The van der Waals surface area contributed by atoms with E-state index in [0.717, 1.165) is 74.5 Å². The van der Waals surface area contributed by atoms with Crippen molar-refractivity contribution < 1.29 is 34.1 Å². The van der Waals surface area contributed by atoms with Crippen LogP contribution < -0.4 is 5.56 Å². The number of ketones is 1. The number of nitrogens with zero attached hydrogens (tertiary/aromatic N) is 4. The number of Topliss-reactive ketones (excluding diaryl/α,β-unsaturated/α-hetero) is 1. The summed E-state index contributed by atoms with van der Waals surface area (Å²) in [5.41, 5.74) is 2.23. The molecule has 10 rings (SSSR count). The van der Waals surface area contributed by atoms with Crippen molar-refractivity contribution in [1.29, 1.82) is 0 Å². The number of esters is 1. The minimum atomic E-state index is -1.89. The maximum absolute atomic E-state index is 13.7. The highest BCUT2D eigenvalue weighted by Crippen LogP contribution is 2.66. The van der Waals surface area contributed by atoms with Crippen molar-refractivity contribution in [2.45, 2.75) is 135 Å². The number of hydrogen-bond donors (Lipinski definition) is 2. The van der Waals surface area contributed by atoms with Gasteiger partial charge in [0.25, 0.3) is 5.56 Å². The highest BCUT2D eigenvalue weighted by atomic mass is 16.6. The van der Waals surface area contributed by atoms with Gasteiger partial charge in [-0.2, -0.15) is 0 Å². The molecule has 2 aromatic heterocycles. The Morgan fingerprint density at radius 3 is 2.57 bits per heavy atom. The van der Waals surface area contributed by atoms with Crippen LogP contribution in [0.3, 0.4) is 0 Å². The summed E-state index contributed by atoms with van der Waals surface area (Å²) in [5.74, 6) is 2.53. The normalized spacial score (nSPS) is 33.6. The molecular weight excluding hydrogens is 761 g/mol. The first kappa shape index (κ1) is 40.0. The van der Waals surface area contributed by atoms with Crippen molar-refractivity contribution in [3.05, 3.63) is 56.9 Å². The van der Waals surface area contributed by atoms with Gasteiger partial charge in [-0.05, 0) is 123 Å². The Kier molecular flexibility index (Phi) is 9.65. The van der Waals surface area contributed by atoms with E-state index in [1.165, 1.54) is 25.7 Å². The first-order chi connectivity index (χ1) is 28.7. The number of pyridine rings is 2. The Bertz CT molecular complexity index is 2350. The topological polar surface area (TPSA) is 152 Å². The molecule has 4 saturated carbocycles. The molecule has 0 unspecified atom stereocenters. The summed E-state index contributed by atoms with van der Waals surface area (Å²) in [6.07, 6.45) is 11.4. The first-order valence-corrected chi connectivity index (χ1v) is 22.7.